The fourth-order valence-corrected chi connectivity index (χ4v) is 1.21. The van der Waals surface area contributed by atoms with E-state index in [9.17, 15) is 13.2 Å². The fraction of sp³-hybridized carbons (Fsp3) is 0.444. The summed E-state index contributed by atoms with van der Waals surface area (Å²) in [7, 11) is 0. The zero-order valence-electron chi connectivity index (χ0n) is 7.21. The third-order valence-electron chi connectivity index (χ3n) is 1.96. The van der Waals surface area contributed by atoms with Gasteiger partial charge in [0.05, 0.1) is 0 Å². The number of alkyl halides is 3. The zero-order valence-corrected chi connectivity index (χ0v) is 7.21. The van der Waals surface area contributed by atoms with Crippen molar-refractivity contribution >= 4 is 0 Å². The van der Waals surface area contributed by atoms with E-state index in [-0.39, 0.29) is 5.88 Å². The van der Waals surface area contributed by atoms with E-state index < -0.39 is 6.36 Å². The van der Waals surface area contributed by atoms with E-state index in [4.69, 9.17) is 0 Å². The standard InChI is InChI=1S/C9H8F3NO/c10-9(11,12)14-8-3-1-2-7(13-8)6-4-5-6/h1-3,6H,4-5H2. The second-order valence-corrected chi connectivity index (χ2v) is 3.22. The molecule has 0 amide bonds. The van der Waals surface area contributed by atoms with Crippen molar-refractivity contribution < 1.29 is 17.9 Å². The highest BCUT2D eigenvalue weighted by Gasteiger charge is 2.32. The van der Waals surface area contributed by atoms with Crippen molar-refractivity contribution in [1.29, 1.82) is 0 Å². The topological polar surface area (TPSA) is 22.1 Å². The molecule has 1 fully saturated rings. The van der Waals surface area contributed by atoms with Crippen LogP contribution in [0.1, 0.15) is 24.5 Å². The third kappa shape index (κ3) is 2.37. The van der Waals surface area contributed by atoms with Gasteiger partial charge in [0, 0.05) is 17.7 Å². The molecule has 0 bridgehead atoms. The molecule has 1 heterocycles. The Kier molecular flexibility index (Phi) is 2.09. The molecule has 1 aromatic rings. The molecule has 1 aliphatic rings. The molecule has 2 rings (SSSR count). The SMILES string of the molecule is FC(F)(F)Oc1cccc(C2CC2)n1. The van der Waals surface area contributed by atoms with Gasteiger partial charge in [-0.2, -0.15) is 0 Å². The quantitative estimate of drug-likeness (QED) is 0.737. The van der Waals surface area contributed by atoms with E-state index in [1.807, 2.05) is 0 Å². The minimum absolute atomic E-state index is 0.326. The molecular weight excluding hydrogens is 195 g/mol. The molecule has 1 aliphatic carbocycles. The summed E-state index contributed by atoms with van der Waals surface area (Å²) >= 11 is 0. The van der Waals surface area contributed by atoms with Crippen LogP contribution in [0.4, 0.5) is 13.2 Å². The van der Waals surface area contributed by atoms with E-state index in [0.29, 0.717) is 11.6 Å². The molecule has 0 aliphatic heterocycles. The van der Waals surface area contributed by atoms with Crippen molar-refractivity contribution in [1.82, 2.24) is 4.98 Å². The number of pyridine rings is 1. The molecule has 5 heteroatoms. The lowest BCUT2D eigenvalue weighted by Gasteiger charge is -2.08. The summed E-state index contributed by atoms with van der Waals surface area (Å²) in [4.78, 5) is 3.78. The second kappa shape index (κ2) is 3.15. The highest BCUT2D eigenvalue weighted by molar-refractivity contribution is 5.21. The maximum absolute atomic E-state index is 11.8. The van der Waals surface area contributed by atoms with Gasteiger partial charge >= 0.3 is 6.36 Å². The average Bonchev–Trinajstić information content (AvgIpc) is 2.83. The Bertz CT molecular complexity index is 333. The maximum atomic E-state index is 11.8. The largest absolute Gasteiger partial charge is 0.574 e. The molecule has 0 N–H and O–H groups in total. The first kappa shape index (κ1) is 9.30. The van der Waals surface area contributed by atoms with Crippen LogP contribution < -0.4 is 4.74 Å². The number of ether oxygens (including phenoxy) is 1. The molecule has 1 aromatic heterocycles. The van der Waals surface area contributed by atoms with Gasteiger partial charge in [-0.25, -0.2) is 4.98 Å². The minimum atomic E-state index is -4.66. The molecule has 76 valence electrons. The normalized spacial score (nSPS) is 16.8. The number of aromatic nitrogens is 1. The van der Waals surface area contributed by atoms with Crippen LogP contribution in [0.2, 0.25) is 0 Å². The van der Waals surface area contributed by atoms with Gasteiger partial charge in [-0.1, -0.05) is 6.07 Å². The molecule has 0 saturated heterocycles. The van der Waals surface area contributed by atoms with Gasteiger partial charge in [0.15, 0.2) is 0 Å². The van der Waals surface area contributed by atoms with E-state index >= 15 is 0 Å². The van der Waals surface area contributed by atoms with Crippen LogP contribution in [-0.2, 0) is 0 Å². The van der Waals surface area contributed by atoms with Crippen LogP contribution in [0.5, 0.6) is 5.88 Å². The summed E-state index contributed by atoms with van der Waals surface area (Å²) in [5.41, 5.74) is 0.687. The first-order valence-corrected chi connectivity index (χ1v) is 4.27. The first-order valence-electron chi connectivity index (χ1n) is 4.27. The molecule has 14 heavy (non-hydrogen) atoms. The fourth-order valence-electron chi connectivity index (χ4n) is 1.21. The molecule has 0 spiro atoms. The van der Waals surface area contributed by atoms with Gasteiger partial charge in [0.1, 0.15) is 0 Å². The summed E-state index contributed by atoms with van der Waals surface area (Å²) in [5.74, 6) is -0.0475. The minimum Gasteiger partial charge on any atom is -0.388 e. The van der Waals surface area contributed by atoms with E-state index in [1.54, 1.807) is 6.07 Å². The van der Waals surface area contributed by atoms with Gasteiger partial charge in [-0.05, 0) is 18.9 Å². The molecule has 1 saturated carbocycles. The molecule has 2 nitrogen and oxygen atoms in total. The van der Waals surface area contributed by atoms with Crippen LogP contribution >= 0.6 is 0 Å². The Morgan fingerprint density at radius 1 is 1.29 bits per heavy atom. The summed E-state index contributed by atoms with van der Waals surface area (Å²) < 4.78 is 39.2. The van der Waals surface area contributed by atoms with Gasteiger partial charge in [0.25, 0.3) is 0 Å². The second-order valence-electron chi connectivity index (χ2n) is 3.22. The predicted octanol–water partition coefficient (Wildman–Crippen LogP) is 2.86. The summed E-state index contributed by atoms with van der Waals surface area (Å²) in [6, 6.07) is 4.46. The Balaban J connectivity index is 2.13. The van der Waals surface area contributed by atoms with Gasteiger partial charge in [-0.15, -0.1) is 13.2 Å². The lowest BCUT2D eigenvalue weighted by molar-refractivity contribution is -0.276. The highest BCUT2D eigenvalue weighted by Crippen LogP contribution is 2.39. The van der Waals surface area contributed by atoms with Crippen molar-refractivity contribution in [2.24, 2.45) is 0 Å². The lowest BCUT2D eigenvalue weighted by atomic mass is 10.2. The van der Waals surface area contributed by atoms with Crippen LogP contribution in [0.3, 0.4) is 0 Å². The van der Waals surface area contributed by atoms with Crippen LogP contribution in [0, 0.1) is 0 Å². The van der Waals surface area contributed by atoms with Crippen molar-refractivity contribution in [2.75, 3.05) is 0 Å². The van der Waals surface area contributed by atoms with E-state index in [0.717, 1.165) is 12.8 Å². The number of nitrogens with zero attached hydrogens (tertiary/aromatic N) is 1. The van der Waals surface area contributed by atoms with Gasteiger partial charge < -0.3 is 4.74 Å². The van der Waals surface area contributed by atoms with Crippen molar-refractivity contribution in [3.05, 3.63) is 23.9 Å². The van der Waals surface area contributed by atoms with Gasteiger partial charge in [0.2, 0.25) is 5.88 Å². The van der Waals surface area contributed by atoms with Crippen molar-refractivity contribution in [2.45, 2.75) is 25.1 Å². The first-order chi connectivity index (χ1) is 6.54. The number of rotatable bonds is 2. The summed E-state index contributed by atoms with van der Waals surface area (Å²) in [6.07, 6.45) is -2.65. The monoisotopic (exact) mass is 203 g/mol. The van der Waals surface area contributed by atoms with Gasteiger partial charge in [-0.3, -0.25) is 0 Å². The Labute approximate surface area is 78.7 Å². The van der Waals surface area contributed by atoms with Crippen LogP contribution in [0.15, 0.2) is 18.2 Å². The maximum Gasteiger partial charge on any atom is 0.574 e. The molecular formula is C9H8F3NO. The third-order valence-corrected chi connectivity index (χ3v) is 1.96. The Hall–Kier alpha value is -1.26. The Morgan fingerprint density at radius 3 is 2.57 bits per heavy atom. The zero-order chi connectivity index (χ0) is 10.2. The van der Waals surface area contributed by atoms with Crippen LogP contribution in [-0.4, -0.2) is 11.3 Å². The number of hydrogen-bond donors (Lipinski definition) is 0. The van der Waals surface area contributed by atoms with Crippen molar-refractivity contribution in [3.8, 4) is 5.88 Å². The molecule has 0 radical (unpaired) electrons. The smallest absolute Gasteiger partial charge is 0.388 e. The Morgan fingerprint density at radius 2 is 2.00 bits per heavy atom. The van der Waals surface area contributed by atoms with E-state index in [1.165, 1.54) is 12.1 Å². The van der Waals surface area contributed by atoms with E-state index in [2.05, 4.69) is 9.72 Å². The summed E-state index contributed by atoms with van der Waals surface area (Å²) in [5, 5.41) is 0. The number of halogens is 3. The lowest BCUT2D eigenvalue weighted by Crippen LogP contribution is -2.18. The summed E-state index contributed by atoms with van der Waals surface area (Å²) in [6.45, 7) is 0. The number of hydrogen-bond acceptors (Lipinski definition) is 2. The van der Waals surface area contributed by atoms with Crippen LogP contribution in [0.25, 0.3) is 0 Å². The molecule has 0 aromatic carbocycles. The highest BCUT2D eigenvalue weighted by atomic mass is 19.4. The van der Waals surface area contributed by atoms with Crippen molar-refractivity contribution in [3.63, 3.8) is 0 Å². The average molecular weight is 203 g/mol. The predicted molar refractivity (Wildman–Crippen MR) is 42.9 cm³/mol. The molecule has 0 atom stereocenters. The molecule has 0 unspecified atom stereocenters.